The van der Waals surface area contributed by atoms with Crippen LogP contribution in [0.3, 0.4) is 0 Å². The number of aromatic nitrogens is 3. The Bertz CT molecular complexity index is 1400. The van der Waals surface area contributed by atoms with E-state index in [1.54, 1.807) is 35.8 Å². The molecule has 0 atom stereocenters. The van der Waals surface area contributed by atoms with Crippen molar-refractivity contribution in [2.75, 3.05) is 25.3 Å². The third-order valence-electron chi connectivity index (χ3n) is 6.03. The van der Waals surface area contributed by atoms with Gasteiger partial charge < -0.3 is 25.2 Å². The van der Waals surface area contributed by atoms with E-state index in [-0.39, 0.29) is 24.1 Å². The molecule has 1 fully saturated rings. The Hall–Kier alpha value is -4.52. The van der Waals surface area contributed by atoms with E-state index in [1.807, 2.05) is 13.8 Å². The van der Waals surface area contributed by atoms with Crippen molar-refractivity contribution in [3.8, 4) is 0 Å². The first-order chi connectivity index (χ1) is 18.2. The van der Waals surface area contributed by atoms with Gasteiger partial charge in [-0.2, -0.15) is 5.10 Å². The third-order valence-corrected chi connectivity index (χ3v) is 6.03. The second-order valence-corrected chi connectivity index (χ2v) is 8.72. The molecule has 13 heteroatoms. The highest BCUT2D eigenvalue weighted by Crippen LogP contribution is 2.28. The molecule has 2 aromatic heterocycles. The summed E-state index contributed by atoms with van der Waals surface area (Å²) < 4.78 is 10.9. The zero-order valence-electron chi connectivity index (χ0n) is 21.2. The van der Waals surface area contributed by atoms with Gasteiger partial charge in [0.1, 0.15) is 18.5 Å². The summed E-state index contributed by atoms with van der Waals surface area (Å²) in [6.45, 7) is 3.67. The summed E-state index contributed by atoms with van der Waals surface area (Å²) >= 11 is 0. The maximum absolute atomic E-state index is 13.1. The fraction of sp³-hybridized carbons (Fsp3) is 0.360. The first kappa shape index (κ1) is 26.5. The lowest BCUT2D eigenvalue weighted by atomic mass is 10.1. The van der Waals surface area contributed by atoms with Gasteiger partial charge in [0.05, 0.1) is 5.56 Å². The van der Waals surface area contributed by atoms with E-state index in [2.05, 4.69) is 25.5 Å². The molecule has 2 heterocycles. The van der Waals surface area contributed by atoms with Crippen LogP contribution >= 0.6 is 0 Å². The molecule has 3 amide bonds. The van der Waals surface area contributed by atoms with Gasteiger partial charge in [0, 0.05) is 30.0 Å². The Kier molecular flexibility index (Phi) is 7.86. The minimum atomic E-state index is -1.00. The number of nitrogens with zero attached hydrogens (tertiary/aromatic N) is 4. The molecule has 1 aromatic carbocycles. The van der Waals surface area contributed by atoms with Crippen molar-refractivity contribution in [2.24, 2.45) is 0 Å². The number of aliphatic hydroxyl groups excluding tert-OH is 1. The molecule has 13 nitrogen and oxygen atoms in total. The highest BCUT2D eigenvalue weighted by atomic mass is 16.7. The second kappa shape index (κ2) is 11.3. The van der Waals surface area contributed by atoms with Crippen molar-refractivity contribution in [3.05, 3.63) is 53.0 Å². The van der Waals surface area contributed by atoms with Gasteiger partial charge in [0.15, 0.2) is 5.82 Å². The Balaban J connectivity index is 1.56. The van der Waals surface area contributed by atoms with Crippen LogP contribution in [0, 0.1) is 13.8 Å². The van der Waals surface area contributed by atoms with E-state index < -0.39 is 31.4 Å². The highest BCUT2D eigenvalue weighted by Gasteiger charge is 2.27. The molecule has 3 N–H and O–H groups in total. The van der Waals surface area contributed by atoms with Crippen molar-refractivity contribution in [1.82, 2.24) is 24.8 Å². The van der Waals surface area contributed by atoms with Gasteiger partial charge in [-0.1, -0.05) is 6.07 Å². The number of carbonyl (C=O) groups is 4. The summed E-state index contributed by atoms with van der Waals surface area (Å²) in [5, 5.41) is 19.1. The molecule has 1 aliphatic rings. The summed E-state index contributed by atoms with van der Waals surface area (Å²) in [5.41, 5.74) is 3.38. The van der Waals surface area contributed by atoms with E-state index in [0.717, 1.165) is 23.3 Å². The molecule has 4 rings (SSSR count). The molecule has 0 spiro atoms. The number of nitrogens with one attached hydrogen (secondary N) is 2. The molecule has 3 aromatic rings. The summed E-state index contributed by atoms with van der Waals surface area (Å²) in [4.78, 5) is 54.4. The smallest absolute Gasteiger partial charge is 0.419 e. The molecule has 0 bridgehead atoms. The number of carbonyl (C=O) groups excluding carboxylic acids is 4. The number of benzene rings is 1. The predicted molar refractivity (Wildman–Crippen MR) is 134 cm³/mol. The van der Waals surface area contributed by atoms with Crippen LogP contribution in [0.1, 0.15) is 51.6 Å². The molecule has 1 aliphatic carbocycles. The number of amides is 3. The standard InChI is InChI=1S/C25H28N6O7/c1-4-30(25(36)38-13-37-20(33)11-32)24(35)16-6-5-14(2)19(9-16)29-22-21-15(3)18(10-31(21)27-12-26-22)23(34)28-17-7-8-17/h5-6,9-10,12,17,32H,4,7-8,11,13H2,1-3H3,(H,28,34)(H,26,27,29). The van der Waals surface area contributed by atoms with Gasteiger partial charge in [0.2, 0.25) is 6.79 Å². The number of anilines is 2. The number of imide groups is 1. The van der Waals surface area contributed by atoms with Crippen molar-refractivity contribution >= 4 is 40.9 Å². The number of ether oxygens (including phenoxy) is 2. The maximum atomic E-state index is 13.1. The van der Waals surface area contributed by atoms with E-state index in [0.29, 0.717) is 28.1 Å². The minimum absolute atomic E-state index is 0.00380. The van der Waals surface area contributed by atoms with E-state index in [4.69, 9.17) is 9.84 Å². The second-order valence-electron chi connectivity index (χ2n) is 8.72. The number of aliphatic hydroxyl groups is 1. The van der Waals surface area contributed by atoms with E-state index in [9.17, 15) is 19.2 Å². The van der Waals surface area contributed by atoms with Crippen LogP contribution in [0.2, 0.25) is 0 Å². The van der Waals surface area contributed by atoms with Gasteiger partial charge in [-0.3, -0.25) is 9.59 Å². The van der Waals surface area contributed by atoms with Crippen LogP contribution in [0.4, 0.5) is 16.3 Å². The number of esters is 1. The third kappa shape index (κ3) is 5.72. The Morgan fingerprint density at radius 1 is 1.18 bits per heavy atom. The number of fused-ring (bicyclic) bond motifs is 1. The van der Waals surface area contributed by atoms with Crippen LogP contribution < -0.4 is 10.6 Å². The molecule has 0 saturated heterocycles. The first-order valence-electron chi connectivity index (χ1n) is 12.0. The first-order valence-corrected chi connectivity index (χ1v) is 12.0. The topological polar surface area (TPSA) is 164 Å². The van der Waals surface area contributed by atoms with Crippen molar-refractivity contribution in [3.63, 3.8) is 0 Å². The Labute approximate surface area is 217 Å². The zero-order chi connectivity index (χ0) is 27.4. The number of rotatable bonds is 9. The normalized spacial score (nSPS) is 12.6. The molecule has 1 saturated carbocycles. The Morgan fingerprint density at radius 2 is 1.95 bits per heavy atom. The van der Waals surface area contributed by atoms with Crippen LogP contribution in [-0.4, -0.2) is 74.5 Å². The van der Waals surface area contributed by atoms with Gasteiger partial charge in [-0.25, -0.2) is 24.0 Å². The minimum Gasteiger partial charge on any atom is -0.426 e. The van der Waals surface area contributed by atoms with Crippen molar-refractivity contribution < 1.29 is 33.8 Å². The molecule has 0 aliphatic heterocycles. The summed E-state index contributed by atoms with van der Waals surface area (Å²) in [7, 11) is 0. The van der Waals surface area contributed by atoms with Gasteiger partial charge >= 0.3 is 12.1 Å². The average molecular weight is 525 g/mol. The predicted octanol–water partition coefficient (Wildman–Crippen LogP) is 2.07. The molecular formula is C25H28N6O7. The molecular weight excluding hydrogens is 496 g/mol. The molecule has 200 valence electrons. The van der Waals surface area contributed by atoms with Crippen LogP contribution in [0.25, 0.3) is 5.52 Å². The lowest BCUT2D eigenvalue weighted by Crippen LogP contribution is -2.37. The maximum Gasteiger partial charge on any atom is 0.419 e. The largest absolute Gasteiger partial charge is 0.426 e. The fourth-order valence-electron chi connectivity index (χ4n) is 3.77. The Morgan fingerprint density at radius 3 is 2.63 bits per heavy atom. The molecule has 0 unspecified atom stereocenters. The molecule has 0 radical (unpaired) electrons. The van der Waals surface area contributed by atoms with Crippen LogP contribution in [0.15, 0.2) is 30.7 Å². The van der Waals surface area contributed by atoms with Crippen LogP contribution in [-0.2, 0) is 14.3 Å². The average Bonchev–Trinajstić information content (AvgIpc) is 3.65. The van der Waals surface area contributed by atoms with E-state index in [1.165, 1.54) is 6.33 Å². The summed E-state index contributed by atoms with van der Waals surface area (Å²) in [6.07, 6.45) is 3.97. The lowest BCUT2D eigenvalue weighted by molar-refractivity contribution is -0.155. The lowest BCUT2D eigenvalue weighted by Gasteiger charge is -2.19. The number of aryl methyl sites for hydroxylation is 2. The van der Waals surface area contributed by atoms with Crippen molar-refractivity contribution in [2.45, 2.75) is 39.7 Å². The summed E-state index contributed by atoms with van der Waals surface area (Å²) in [5.74, 6) is -1.31. The SMILES string of the molecule is CCN(C(=O)OCOC(=O)CO)C(=O)c1ccc(C)c(Nc2ncnn3cc(C(=O)NC4CC4)c(C)c23)c1. The van der Waals surface area contributed by atoms with Crippen LogP contribution in [0.5, 0.6) is 0 Å². The number of hydrogen-bond donors (Lipinski definition) is 3. The van der Waals surface area contributed by atoms with Crippen molar-refractivity contribution in [1.29, 1.82) is 0 Å². The quantitative estimate of drug-likeness (QED) is 0.279. The van der Waals surface area contributed by atoms with Gasteiger partial charge in [0.25, 0.3) is 11.8 Å². The highest BCUT2D eigenvalue weighted by molar-refractivity contribution is 6.04. The fourth-order valence-corrected chi connectivity index (χ4v) is 3.77. The zero-order valence-corrected chi connectivity index (χ0v) is 21.2. The van der Waals surface area contributed by atoms with Gasteiger partial charge in [-0.05, 0) is 56.9 Å². The summed E-state index contributed by atoms with van der Waals surface area (Å²) in [6, 6.07) is 5.09. The van der Waals surface area contributed by atoms with E-state index >= 15 is 0 Å². The monoisotopic (exact) mass is 524 g/mol. The molecule has 38 heavy (non-hydrogen) atoms. The van der Waals surface area contributed by atoms with Gasteiger partial charge in [-0.15, -0.1) is 0 Å². The number of hydrogen-bond acceptors (Lipinski definition) is 10.